The maximum Gasteiger partial charge on any atom is 0.102 e. The number of hydrogen-bond acceptors (Lipinski definition) is 2. The summed E-state index contributed by atoms with van der Waals surface area (Å²) >= 11 is 1.71. The second-order valence-electron chi connectivity index (χ2n) is 3.41. The molecule has 0 aromatic rings. The van der Waals surface area contributed by atoms with Crippen molar-refractivity contribution in [3.05, 3.63) is 0 Å². The van der Waals surface area contributed by atoms with Crippen molar-refractivity contribution in [1.29, 1.82) is 0 Å². The maximum absolute atomic E-state index is 9.48. The highest BCUT2D eigenvalue weighted by molar-refractivity contribution is 8.00. The molecular formula is C8H16OS. The second kappa shape index (κ2) is 3.14. The average molecular weight is 160 g/mol. The van der Waals surface area contributed by atoms with Crippen LogP contribution in [0.2, 0.25) is 0 Å². The van der Waals surface area contributed by atoms with Gasteiger partial charge in [-0.1, -0.05) is 20.8 Å². The lowest BCUT2D eigenvalue weighted by Gasteiger charge is -2.33. The fraction of sp³-hybridized carbons (Fsp3) is 1.00. The van der Waals surface area contributed by atoms with Gasteiger partial charge in [0.25, 0.3) is 0 Å². The zero-order chi connectivity index (χ0) is 7.72. The summed E-state index contributed by atoms with van der Waals surface area (Å²) in [5.41, 5.74) is -0.126. The van der Waals surface area contributed by atoms with Crippen LogP contribution in [-0.2, 0) is 0 Å². The monoisotopic (exact) mass is 160 g/mol. The highest BCUT2D eigenvalue weighted by Gasteiger charge is 2.29. The first kappa shape index (κ1) is 8.41. The number of thioether (sulfide) groups is 1. The Kier molecular flexibility index (Phi) is 2.64. The van der Waals surface area contributed by atoms with Crippen LogP contribution in [-0.4, -0.2) is 15.8 Å². The molecule has 1 aliphatic heterocycles. The predicted molar refractivity (Wildman–Crippen MR) is 46.0 cm³/mol. The number of rotatable bonds is 0. The van der Waals surface area contributed by atoms with Crippen LogP contribution in [0.15, 0.2) is 0 Å². The van der Waals surface area contributed by atoms with Crippen molar-refractivity contribution in [1.82, 2.24) is 0 Å². The second-order valence-corrected chi connectivity index (χ2v) is 4.97. The van der Waals surface area contributed by atoms with Gasteiger partial charge in [-0.25, -0.2) is 0 Å². The van der Waals surface area contributed by atoms with E-state index in [1.165, 1.54) is 6.42 Å². The smallest absolute Gasteiger partial charge is 0.102 e. The van der Waals surface area contributed by atoms with E-state index < -0.39 is 0 Å². The molecule has 1 aliphatic rings. The molecule has 2 unspecified atom stereocenters. The molecule has 0 aromatic carbocycles. The Balaban J connectivity index is 2.49. The third-order valence-corrected chi connectivity index (χ3v) is 3.79. The van der Waals surface area contributed by atoms with E-state index in [2.05, 4.69) is 20.8 Å². The van der Waals surface area contributed by atoms with E-state index in [4.69, 9.17) is 0 Å². The van der Waals surface area contributed by atoms with E-state index in [-0.39, 0.29) is 5.44 Å². The van der Waals surface area contributed by atoms with Crippen LogP contribution in [0.1, 0.15) is 27.2 Å². The van der Waals surface area contributed by atoms with Gasteiger partial charge in [0.15, 0.2) is 0 Å². The normalized spacial score (nSPS) is 49.2. The van der Waals surface area contributed by atoms with E-state index >= 15 is 0 Å². The number of aliphatic hydroxyl groups excluding tert-OH is 1. The van der Waals surface area contributed by atoms with Gasteiger partial charge in [0.05, 0.1) is 0 Å². The molecular weight excluding hydrogens is 144 g/mol. The Labute approximate surface area is 67.2 Å². The third-order valence-electron chi connectivity index (χ3n) is 2.42. The summed E-state index contributed by atoms with van der Waals surface area (Å²) in [6.45, 7) is 6.55. The predicted octanol–water partition coefficient (Wildman–Crippen LogP) is 2.10. The lowest BCUT2D eigenvalue weighted by atomic mass is 9.91. The molecule has 1 fully saturated rings. The number of hydrogen-bond donors (Lipinski definition) is 1. The van der Waals surface area contributed by atoms with Crippen molar-refractivity contribution in [2.45, 2.75) is 37.9 Å². The highest BCUT2D eigenvalue weighted by Crippen LogP contribution is 2.37. The summed E-state index contributed by atoms with van der Waals surface area (Å²) in [5.74, 6) is 1.16. The third kappa shape index (κ3) is 1.67. The first-order valence-electron chi connectivity index (χ1n) is 3.94. The van der Waals surface area contributed by atoms with E-state index in [1.54, 1.807) is 11.8 Å². The van der Waals surface area contributed by atoms with Crippen molar-refractivity contribution in [2.24, 2.45) is 11.8 Å². The van der Waals surface area contributed by atoms with Gasteiger partial charge in [0.2, 0.25) is 0 Å². The Morgan fingerprint density at radius 3 is 2.40 bits per heavy atom. The van der Waals surface area contributed by atoms with E-state index in [0.29, 0.717) is 17.1 Å². The number of aliphatic hydroxyl groups is 1. The quantitative estimate of drug-likeness (QED) is 0.585. The van der Waals surface area contributed by atoms with Crippen LogP contribution >= 0.6 is 11.8 Å². The van der Waals surface area contributed by atoms with Crippen LogP contribution in [0, 0.1) is 11.8 Å². The molecule has 0 spiro atoms. The van der Waals surface area contributed by atoms with Crippen molar-refractivity contribution < 1.29 is 5.11 Å². The molecule has 60 valence electrons. The molecule has 4 atom stereocenters. The molecule has 0 saturated carbocycles. The molecule has 1 N–H and O–H groups in total. The molecule has 1 nitrogen and oxygen atoms in total. The molecule has 2 heteroatoms. The molecule has 1 rings (SSSR count). The first-order valence-corrected chi connectivity index (χ1v) is 4.89. The van der Waals surface area contributed by atoms with Gasteiger partial charge < -0.3 is 5.11 Å². The van der Waals surface area contributed by atoms with E-state index in [0.717, 1.165) is 0 Å². The van der Waals surface area contributed by atoms with Crippen LogP contribution < -0.4 is 0 Å². The topological polar surface area (TPSA) is 20.2 Å². The van der Waals surface area contributed by atoms with Gasteiger partial charge in [0, 0.05) is 5.25 Å². The van der Waals surface area contributed by atoms with Gasteiger partial charge >= 0.3 is 0 Å². The summed E-state index contributed by atoms with van der Waals surface area (Å²) in [5, 5.41) is 10.1. The minimum Gasteiger partial charge on any atom is -0.382 e. The Morgan fingerprint density at radius 1 is 1.30 bits per heavy atom. The summed E-state index contributed by atoms with van der Waals surface area (Å²) in [6.07, 6.45) is 1.25. The molecule has 1 saturated heterocycles. The minimum absolute atomic E-state index is 0.126. The average Bonchev–Trinajstić information content (AvgIpc) is 1.82. The van der Waals surface area contributed by atoms with Gasteiger partial charge in [-0.05, 0) is 18.3 Å². The zero-order valence-electron chi connectivity index (χ0n) is 6.87. The molecule has 0 radical (unpaired) electrons. The standard InChI is InChI=1S/C8H16OS/c1-5-4-6(2)10-8(9)7(5)3/h5-9H,4H2,1-3H3/t5?,6-,7-,8?/m1/s1. The fourth-order valence-corrected chi connectivity index (χ4v) is 2.84. The Hall–Kier alpha value is 0.310. The van der Waals surface area contributed by atoms with Crippen LogP contribution in [0.3, 0.4) is 0 Å². The minimum atomic E-state index is -0.126. The molecule has 0 amide bonds. The lowest BCUT2D eigenvalue weighted by molar-refractivity contribution is 0.149. The van der Waals surface area contributed by atoms with Crippen LogP contribution in [0.25, 0.3) is 0 Å². The molecule has 10 heavy (non-hydrogen) atoms. The van der Waals surface area contributed by atoms with Gasteiger partial charge in [-0.3, -0.25) is 0 Å². The zero-order valence-corrected chi connectivity index (χ0v) is 7.69. The molecule has 1 heterocycles. The maximum atomic E-state index is 9.48. The summed E-state index contributed by atoms with van der Waals surface area (Å²) in [4.78, 5) is 0. The van der Waals surface area contributed by atoms with Crippen molar-refractivity contribution in [2.75, 3.05) is 0 Å². The Morgan fingerprint density at radius 2 is 1.90 bits per heavy atom. The van der Waals surface area contributed by atoms with Crippen LogP contribution in [0.5, 0.6) is 0 Å². The first-order chi connectivity index (χ1) is 4.61. The van der Waals surface area contributed by atoms with E-state index in [9.17, 15) is 5.11 Å². The molecule has 0 aliphatic carbocycles. The molecule has 0 bridgehead atoms. The lowest BCUT2D eigenvalue weighted by Crippen LogP contribution is -2.30. The van der Waals surface area contributed by atoms with Gasteiger partial charge in [-0.2, -0.15) is 0 Å². The summed E-state index contributed by atoms with van der Waals surface area (Å²) in [6, 6.07) is 0. The van der Waals surface area contributed by atoms with E-state index in [1.807, 2.05) is 0 Å². The largest absolute Gasteiger partial charge is 0.382 e. The van der Waals surface area contributed by atoms with Crippen molar-refractivity contribution >= 4 is 11.8 Å². The van der Waals surface area contributed by atoms with Crippen molar-refractivity contribution in [3.63, 3.8) is 0 Å². The molecule has 0 aromatic heterocycles. The highest BCUT2D eigenvalue weighted by atomic mass is 32.2. The fourth-order valence-electron chi connectivity index (χ4n) is 1.44. The van der Waals surface area contributed by atoms with Crippen LogP contribution in [0.4, 0.5) is 0 Å². The van der Waals surface area contributed by atoms with Crippen molar-refractivity contribution in [3.8, 4) is 0 Å². The van der Waals surface area contributed by atoms with Gasteiger partial charge in [-0.15, -0.1) is 11.8 Å². The summed E-state index contributed by atoms with van der Waals surface area (Å²) in [7, 11) is 0. The Bertz CT molecular complexity index is 104. The van der Waals surface area contributed by atoms with Gasteiger partial charge in [0.1, 0.15) is 5.44 Å². The summed E-state index contributed by atoms with van der Waals surface area (Å²) < 4.78 is 0. The SMILES string of the molecule is CC1C[C@@H](C)SC(O)[C@@H]1C.